The molecule has 1 heterocycles. The Morgan fingerprint density at radius 3 is 2.08 bits per heavy atom. The van der Waals surface area contributed by atoms with Crippen LogP contribution >= 0.6 is 0 Å². The van der Waals surface area contributed by atoms with Crippen molar-refractivity contribution in [2.24, 2.45) is 0 Å². The molecule has 1 atom stereocenters. The third-order valence-corrected chi connectivity index (χ3v) is 4.72. The quantitative estimate of drug-likeness (QED) is 0.737. The van der Waals surface area contributed by atoms with Crippen molar-refractivity contribution in [1.29, 1.82) is 0 Å². The minimum atomic E-state index is -1.26. The van der Waals surface area contributed by atoms with Gasteiger partial charge in [0.2, 0.25) is 0 Å². The number of carbonyl (C=O) groups excluding carboxylic acids is 2. The Balaban J connectivity index is 1.75. The van der Waals surface area contributed by atoms with E-state index >= 15 is 0 Å². The van der Waals surface area contributed by atoms with E-state index in [1.165, 1.54) is 0 Å². The second kappa shape index (κ2) is 6.11. The summed E-state index contributed by atoms with van der Waals surface area (Å²) in [6.45, 7) is 0. The van der Waals surface area contributed by atoms with E-state index in [4.69, 9.17) is 0 Å². The number of benzene rings is 3. The predicted molar refractivity (Wildman–Crippen MR) is 96.0 cm³/mol. The maximum atomic E-state index is 12.6. The topological polar surface area (TPSA) is 74.7 Å². The Hall–Kier alpha value is -3.47. The molecule has 5 nitrogen and oxygen atoms in total. The average Bonchev–Trinajstić information content (AvgIpc) is 2.91. The van der Waals surface area contributed by atoms with Crippen molar-refractivity contribution in [1.82, 2.24) is 4.90 Å². The molecule has 5 heteroatoms. The number of rotatable bonds is 4. The highest BCUT2D eigenvalue weighted by molar-refractivity contribution is 6.22. The highest BCUT2D eigenvalue weighted by Crippen LogP contribution is 2.27. The Labute approximate surface area is 149 Å². The van der Waals surface area contributed by atoms with Crippen LogP contribution in [0, 0.1) is 0 Å². The van der Waals surface area contributed by atoms with Crippen molar-refractivity contribution in [3.05, 3.63) is 83.4 Å². The van der Waals surface area contributed by atoms with E-state index in [2.05, 4.69) is 0 Å². The van der Waals surface area contributed by atoms with Gasteiger partial charge in [0, 0.05) is 6.42 Å². The fourth-order valence-electron chi connectivity index (χ4n) is 3.46. The van der Waals surface area contributed by atoms with Crippen molar-refractivity contribution >= 4 is 28.6 Å². The molecule has 0 saturated heterocycles. The van der Waals surface area contributed by atoms with Gasteiger partial charge in [0.25, 0.3) is 11.8 Å². The fraction of sp³-hybridized carbons (Fsp3) is 0.0952. The highest BCUT2D eigenvalue weighted by Gasteiger charge is 2.42. The number of carboxylic acids is 1. The van der Waals surface area contributed by atoms with Gasteiger partial charge < -0.3 is 5.11 Å². The maximum Gasteiger partial charge on any atom is 0.327 e. The van der Waals surface area contributed by atoms with Gasteiger partial charge in [-0.15, -0.1) is 0 Å². The second-order valence-corrected chi connectivity index (χ2v) is 6.22. The van der Waals surface area contributed by atoms with E-state index in [-0.39, 0.29) is 17.5 Å². The predicted octanol–water partition coefficient (Wildman–Crippen LogP) is 3.13. The summed E-state index contributed by atoms with van der Waals surface area (Å²) in [6, 6.07) is 18.4. The summed E-state index contributed by atoms with van der Waals surface area (Å²) in [7, 11) is 0. The number of imide groups is 1. The first-order valence-electron chi connectivity index (χ1n) is 8.24. The van der Waals surface area contributed by atoms with Crippen LogP contribution in [0.15, 0.2) is 66.7 Å². The van der Waals surface area contributed by atoms with Crippen molar-refractivity contribution in [3.8, 4) is 0 Å². The standard InChI is InChI=1S/C21H15NO4/c23-19-16-10-3-4-11-17(16)20(24)22(19)18(21(25)26)12-14-8-5-7-13-6-1-2-9-15(13)14/h1-11,18H,12H2,(H,25,26)/t18-/m0/s1. The molecule has 0 aliphatic carbocycles. The first kappa shape index (κ1) is 16.0. The lowest BCUT2D eigenvalue weighted by Gasteiger charge is -2.23. The minimum Gasteiger partial charge on any atom is -0.480 e. The molecule has 0 unspecified atom stereocenters. The molecule has 4 rings (SSSR count). The van der Waals surface area contributed by atoms with Gasteiger partial charge in [-0.1, -0.05) is 54.6 Å². The molecule has 128 valence electrons. The summed E-state index contributed by atoms with van der Waals surface area (Å²) >= 11 is 0. The molecule has 1 N–H and O–H groups in total. The van der Waals surface area contributed by atoms with Gasteiger partial charge >= 0.3 is 5.97 Å². The van der Waals surface area contributed by atoms with Gasteiger partial charge in [-0.05, 0) is 28.5 Å². The molecule has 3 aromatic rings. The van der Waals surface area contributed by atoms with Gasteiger partial charge in [0.05, 0.1) is 11.1 Å². The van der Waals surface area contributed by atoms with Crippen LogP contribution in [0.4, 0.5) is 0 Å². The van der Waals surface area contributed by atoms with E-state index in [0.29, 0.717) is 0 Å². The van der Waals surface area contributed by atoms with E-state index in [9.17, 15) is 19.5 Å². The van der Waals surface area contributed by atoms with Gasteiger partial charge in [-0.3, -0.25) is 14.5 Å². The monoisotopic (exact) mass is 345 g/mol. The summed E-state index contributed by atoms with van der Waals surface area (Å²) in [4.78, 5) is 38.1. The lowest BCUT2D eigenvalue weighted by molar-refractivity contribution is -0.141. The first-order valence-corrected chi connectivity index (χ1v) is 8.24. The summed E-state index contributed by atoms with van der Waals surface area (Å²) in [5.41, 5.74) is 1.29. The van der Waals surface area contributed by atoms with Crippen LogP contribution < -0.4 is 0 Å². The van der Waals surface area contributed by atoms with Gasteiger partial charge in [-0.25, -0.2) is 4.79 Å². The normalized spacial score (nSPS) is 14.5. The Morgan fingerprint density at radius 2 is 1.42 bits per heavy atom. The number of nitrogens with zero attached hydrogens (tertiary/aromatic N) is 1. The lowest BCUT2D eigenvalue weighted by Crippen LogP contribution is -2.46. The summed E-state index contributed by atoms with van der Waals surface area (Å²) < 4.78 is 0. The highest BCUT2D eigenvalue weighted by atomic mass is 16.4. The van der Waals surface area contributed by atoms with Crippen molar-refractivity contribution in [3.63, 3.8) is 0 Å². The number of amides is 2. The maximum absolute atomic E-state index is 12.6. The van der Waals surface area contributed by atoms with Crippen molar-refractivity contribution < 1.29 is 19.5 Å². The van der Waals surface area contributed by atoms with Crippen LogP contribution in [-0.4, -0.2) is 33.8 Å². The Bertz CT molecular complexity index is 1020. The van der Waals surface area contributed by atoms with Crippen LogP contribution in [0.1, 0.15) is 26.3 Å². The summed E-state index contributed by atoms with van der Waals surface area (Å²) in [5.74, 6) is -2.32. The van der Waals surface area contributed by atoms with E-state index in [1.807, 2.05) is 42.5 Å². The Kier molecular flexibility index (Phi) is 3.77. The molecule has 1 aliphatic rings. The van der Waals surface area contributed by atoms with Crippen LogP contribution in [0.2, 0.25) is 0 Å². The molecule has 0 spiro atoms. The number of hydrogen-bond donors (Lipinski definition) is 1. The molecule has 0 fully saturated rings. The van der Waals surface area contributed by atoms with Gasteiger partial charge in [-0.2, -0.15) is 0 Å². The van der Waals surface area contributed by atoms with Gasteiger partial charge in [0.15, 0.2) is 0 Å². The van der Waals surface area contributed by atoms with E-state index in [1.54, 1.807) is 24.3 Å². The van der Waals surface area contributed by atoms with E-state index < -0.39 is 23.8 Å². The number of carbonyl (C=O) groups is 3. The van der Waals surface area contributed by atoms with Crippen LogP contribution in [0.3, 0.4) is 0 Å². The lowest BCUT2D eigenvalue weighted by atomic mass is 9.98. The molecule has 0 aromatic heterocycles. The second-order valence-electron chi connectivity index (χ2n) is 6.22. The van der Waals surface area contributed by atoms with Gasteiger partial charge in [0.1, 0.15) is 6.04 Å². The van der Waals surface area contributed by atoms with Crippen LogP contribution in [0.25, 0.3) is 10.8 Å². The summed E-state index contributed by atoms with van der Waals surface area (Å²) in [5, 5.41) is 11.6. The molecular weight excluding hydrogens is 330 g/mol. The molecule has 2 amide bonds. The zero-order chi connectivity index (χ0) is 18.3. The number of carboxylic acid groups (broad SMARTS) is 1. The Morgan fingerprint density at radius 1 is 0.846 bits per heavy atom. The molecule has 1 aliphatic heterocycles. The average molecular weight is 345 g/mol. The zero-order valence-corrected chi connectivity index (χ0v) is 13.8. The first-order chi connectivity index (χ1) is 12.6. The van der Waals surface area contributed by atoms with Crippen LogP contribution in [0.5, 0.6) is 0 Å². The number of aliphatic carboxylic acids is 1. The number of fused-ring (bicyclic) bond motifs is 2. The molecular formula is C21H15NO4. The molecule has 3 aromatic carbocycles. The molecule has 26 heavy (non-hydrogen) atoms. The fourth-order valence-corrected chi connectivity index (χ4v) is 3.46. The molecule has 0 saturated carbocycles. The largest absolute Gasteiger partial charge is 0.480 e. The summed E-state index contributed by atoms with van der Waals surface area (Å²) in [6.07, 6.45) is 0.0577. The molecule has 0 radical (unpaired) electrons. The third-order valence-electron chi connectivity index (χ3n) is 4.72. The zero-order valence-electron chi connectivity index (χ0n) is 13.8. The number of hydrogen-bond acceptors (Lipinski definition) is 3. The smallest absolute Gasteiger partial charge is 0.327 e. The van der Waals surface area contributed by atoms with Crippen molar-refractivity contribution in [2.75, 3.05) is 0 Å². The van der Waals surface area contributed by atoms with E-state index in [0.717, 1.165) is 21.2 Å². The minimum absolute atomic E-state index is 0.0577. The van der Waals surface area contributed by atoms with Crippen LogP contribution in [-0.2, 0) is 11.2 Å². The SMILES string of the molecule is O=C(O)[C@H](Cc1cccc2ccccc12)N1C(=O)c2ccccc2C1=O. The van der Waals surface area contributed by atoms with Crippen molar-refractivity contribution in [2.45, 2.75) is 12.5 Å². The molecule has 0 bridgehead atoms. The third kappa shape index (κ3) is 2.45.